The second-order valence-corrected chi connectivity index (χ2v) is 7.57. The number of hydrogen-bond donors (Lipinski definition) is 1. The smallest absolute Gasteiger partial charge is 0.276 e. The van der Waals surface area contributed by atoms with E-state index in [-0.39, 0.29) is 5.91 Å². The van der Waals surface area contributed by atoms with Gasteiger partial charge in [0.1, 0.15) is 0 Å². The number of carbonyl (C=O) groups excluding carboxylic acids is 1. The number of rotatable bonds is 7. The van der Waals surface area contributed by atoms with Gasteiger partial charge in [-0.25, -0.2) is 0 Å². The summed E-state index contributed by atoms with van der Waals surface area (Å²) < 4.78 is 1.80. The molecule has 0 unspecified atom stereocenters. The van der Waals surface area contributed by atoms with Gasteiger partial charge < -0.3 is 10.2 Å². The molecule has 140 valence electrons. The molecule has 25 heavy (non-hydrogen) atoms. The van der Waals surface area contributed by atoms with E-state index >= 15 is 0 Å². The van der Waals surface area contributed by atoms with Crippen LogP contribution >= 0.6 is 11.8 Å². The molecule has 1 amide bonds. The van der Waals surface area contributed by atoms with Crippen LogP contribution in [-0.2, 0) is 6.54 Å². The lowest BCUT2D eigenvalue weighted by molar-refractivity contribution is 0.0638. The first-order valence-electron chi connectivity index (χ1n) is 9.10. The number of aromatic nitrogens is 3. The van der Waals surface area contributed by atoms with Crippen molar-refractivity contribution in [1.82, 2.24) is 35.0 Å². The van der Waals surface area contributed by atoms with Crippen LogP contribution in [0.1, 0.15) is 10.5 Å². The van der Waals surface area contributed by atoms with Crippen LogP contribution in [0, 0.1) is 0 Å². The van der Waals surface area contributed by atoms with Gasteiger partial charge in [0.2, 0.25) is 0 Å². The fraction of sp³-hybridized carbons (Fsp3) is 0.812. The predicted molar refractivity (Wildman–Crippen MR) is 100 cm³/mol. The maximum Gasteiger partial charge on any atom is 0.276 e. The van der Waals surface area contributed by atoms with Crippen molar-refractivity contribution in [1.29, 1.82) is 0 Å². The van der Waals surface area contributed by atoms with E-state index in [0.29, 0.717) is 5.69 Å². The first kappa shape index (κ1) is 18.6. The molecule has 2 saturated heterocycles. The van der Waals surface area contributed by atoms with Crippen LogP contribution in [0.25, 0.3) is 0 Å². The predicted octanol–water partition coefficient (Wildman–Crippen LogP) is -0.696. The minimum Gasteiger partial charge on any atom is -0.335 e. The number of carbonyl (C=O) groups is 1. The molecular formula is C16H29N7OS. The second kappa shape index (κ2) is 9.51. The first-order valence-corrected chi connectivity index (χ1v) is 10.5. The third-order valence-corrected chi connectivity index (χ3v) is 5.47. The fourth-order valence-electron chi connectivity index (χ4n) is 3.24. The number of nitrogens with zero attached hydrogens (tertiary/aromatic N) is 6. The van der Waals surface area contributed by atoms with Gasteiger partial charge in [-0.2, -0.15) is 11.8 Å². The summed E-state index contributed by atoms with van der Waals surface area (Å²) in [7, 11) is 0. The molecule has 2 aliphatic rings. The molecule has 0 spiro atoms. The zero-order valence-electron chi connectivity index (χ0n) is 15.1. The van der Waals surface area contributed by atoms with Gasteiger partial charge in [-0.3, -0.25) is 19.3 Å². The number of amides is 1. The Morgan fingerprint density at radius 1 is 1.08 bits per heavy atom. The molecule has 2 fully saturated rings. The van der Waals surface area contributed by atoms with Gasteiger partial charge in [-0.15, -0.1) is 5.10 Å². The maximum atomic E-state index is 12.6. The van der Waals surface area contributed by atoms with Crippen LogP contribution in [-0.4, -0.2) is 113 Å². The van der Waals surface area contributed by atoms with Crippen molar-refractivity contribution in [3.63, 3.8) is 0 Å². The van der Waals surface area contributed by atoms with Crippen molar-refractivity contribution in [2.24, 2.45) is 0 Å². The van der Waals surface area contributed by atoms with Crippen molar-refractivity contribution in [2.75, 3.05) is 77.5 Å². The molecule has 3 heterocycles. The molecule has 1 aromatic heterocycles. The highest BCUT2D eigenvalue weighted by Gasteiger charge is 2.24. The molecule has 8 nitrogen and oxygen atoms in total. The van der Waals surface area contributed by atoms with Gasteiger partial charge in [-0.1, -0.05) is 5.21 Å². The highest BCUT2D eigenvalue weighted by atomic mass is 32.2. The van der Waals surface area contributed by atoms with E-state index < -0.39 is 0 Å². The molecule has 9 heteroatoms. The molecule has 0 atom stereocenters. The van der Waals surface area contributed by atoms with Crippen molar-refractivity contribution in [2.45, 2.75) is 6.54 Å². The van der Waals surface area contributed by atoms with Crippen molar-refractivity contribution < 1.29 is 4.79 Å². The van der Waals surface area contributed by atoms with Crippen LogP contribution in [0.5, 0.6) is 0 Å². The summed E-state index contributed by atoms with van der Waals surface area (Å²) in [5, 5.41) is 11.6. The Morgan fingerprint density at radius 2 is 1.80 bits per heavy atom. The number of thioether (sulfide) groups is 1. The van der Waals surface area contributed by atoms with Gasteiger partial charge in [-0.05, 0) is 6.26 Å². The van der Waals surface area contributed by atoms with Crippen molar-refractivity contribution >= 4 is 17.7 Å². The van der Waals surface area contributed by atoms with Crippen molar-refractivity contribution in [3.8, 4) is 0 Å². The number of piperazine rings is 2. The van der Waals surface area contributed by atoms with Gasteiger partial charge >= 0.3 is 0 Å². The molecule has 1 aromatic rings. The van der Waals surface area contributed by atoms with Crippen LogP contribution < -0.4 is 5.32 Å². The zero-order valence-corrected chi connectivity index (χ0v) is 15.9. The van der Waals surface area contributed by atoms with Crippen LogP contribution in [0.2, 0.25) is 0 Å². The van der Waals surface area contributed by atoms with E-state index in [1.165, 1.54) is 0 Å². The quantitative estimate of drug-likeness (QED) is 0.684. The minimum absolute atomic E-state index is 0.0120. The lowest BCUT2D eigenvalue weighted by Crippen LogP contribution is -2.49. The Balaban J connectivity index is 1.44. The van der Waals surface area contributed by atoms with E-state index in [1.807, 2.05) is 16.7 Å². The van der Waals surface area contributed by atoms with E-state index in [0.717, 1.165) is 77.7 Å². The van der Waals surface area contributed by atoms with Gasteiger partial charge in [0.15, 0.2) is 5.69 Å². The number of nitrogens with one attached hydrogen (secondary N) is 1. The van der Waals surface area contributed by atoms with Gasteiger partial charge in [0.25, 0.3) is 5.91 Å². The Hall–Kier alpha value is -1.16. The summed E-state index contributed by atoms with van der Waals surface area (Å²) in [4.78, 5) is 19.3. The Bertz CT molecular complexity index is 538. The topological polar surface area (TPSA) is 69.5 Å². The van der Waals surface area contributed by atoms with Crippen molar-refractivity contribution in [3.05, 3.63) is 11.9 Å². The molecule has 0 aromatic carbocycles. The monoisotopic (exact) mass is 367 g/mol. The lowest BCUT2D eigenvalue weighted by Gasteiger charge is -2.34. The van der Waals surface area contributed by atoms with E-state index in [2.05, 4.69) is 31.7 Å². The maximum absolute atomic E-state index is 12.6. The Labute approximate surface area is 153 Å². The number of hydrogen-bond acceptors (Lipinski definition) is 7. The van der Waals surface area contributed by atoms with E-state index in [9.17, 15) is 4.79 Å². The summed E-state index contributed by atoms with van der Waals surface area (Å²) in [6.07, 6.45) is 3.93. The SMILES string of the molecule is CSCCN1CCN(C(=O)c2cn(CCN3CCNCC3)nn2)CC1. The molecule has 2 aliphatic heterocycles. The molecule has 3 rings (SSSR count). The highest BCUT2D eigenvalue weighted by molar-refractivity contribution is 7.98. The fourth-order valence-corrected chi connectivity index (χ4v) is 3.68. The highest BCUT2D eigenvalue weighted by Crippen LogP contribution is 2.08. The summed E-state index contributed by atoms with van der Waals surface area (Å²) in [5.41, 5.74) is 0.470. The molecule has 0 aliphatic carbocycles. The molecule has 0 radical (unpaired) electrons. The Kier molecular flexibility index (Phi) is 7.09. The molecular weight excluding hydrogens is 338 g/mol. The third-order valence-electron chi connectivity index (χ3n) is 4.88. The van der Waals surface area contributed by atoms with Gasteiger partial charge in [0.05, 0.1) is 12.7 Å². The first-order chi connectivity index (χ1) is 12.3. The van der Waals surface area contributed by atoms with Crippen LogP contribution in [0.15, 0.2) is 6.20 Å². The van der Waals surface area contributed by atoms with Crippen LogP contribution in [0.3, 0.4) is 0 Å². The standard InChI is InChI=1S/C16H29N7OS/c1-25-13-12-21-6-9-22(10-7-21)16(24)15-14-23(19-18-15)11-8-20-4-2-17-3-5-20/h14,17H,2-13H2,1H3. The molecule has 1 N–H and O–H groups in total. The lowest BCUT2D eigenvalue weighted by atomic mass is 10.3. The average Bonchev–Trinajstić information content (AvgIpc) is 3.14. The van der Waals surface area contributed by atoms with Crippen LogP contribution in [0.4, 0.5) is 0 Å². The normalized spacial score (nSPS) is 20.1. The average molecular weight is 368 g/mol. The third kappa shape index (κ3) is 5.40. The zero-order chi connectivity index (χ0) is 17.5. The molecule has 0 bridgehead atoms. The summed E-state index contributed by atoms with van der Waals surface area (Å²) in [6.45, 7) is 10.5. The Morgan fingerprint density at radius 3 is 2.52 bits per heavy atom. The van der Waals surface area contributed by atoms with E-state index in [4.69, 9.17) is 0 Å². The largest absolute Gasteiger partial charge is 0.335 e. The summed E-state index contributed by atoms with van der Waals surface area (Å²) in [5.74, 6) is 1.16. The van der Waals surface area contributed by atoms with Gasteiger partial charge in [0, 0.05) is 71.2 Å². The second-order valence-electron chi connectivity index (χ2n) is 6.59. The minimum atomic E-state index is 0.0120. The summed E-state index contributed by atoms with van der Waals surface area (Å²) in [6, 6.07) is 0. The van der Waals surface area contributed by atoms with E-state index in [1.54, 1.807) is 10.9 Å². The summed E-state index contributed by atoms with van der Waals surface area (Å²) >= 11 is 1.87. The molecule has 0 saturated carbocycles.